The van der Waals surface area contributed by atoms with Crippen molar-refractivity contribution in [1.82, 2.24) is 9.55 Å². The van der Waals surface area contributed by atoms with E-state index in [0.717, 1.165) is 23.9 Å². The van der Waals surface area contributed by atoms with E-state index in [0.29, 0.717) is 16.3 Å². The van der Waals surface area contributed by atoms with Crippen LogP contribution < -0.4 is 10.6 Å². The molecule has 2 amide bonds. The predicted octanol–water partition coefficient (Wildman–Crippen LogP) is 6.32. The van der Waals surface area contributed by atoms with Crippen LogP contribution in [0.15, 0.2) is 84.1 Å². The van der Waals surface area contributed by atoms with Crippen LogP contribution in [-0.2, 0) is 11.0 Å². The fourth-order valence-corrected chi connectivity index (χ4v) is 4.26. The highest BCUT2D eigenvalue weighted by molar-refractivity contribution is 8.00. The quantitative estimate of drug-likeness (QED) is 0.217. The van der Waals surface area contributed by atoms with E-state index in [1.54, 1.807) is 31.3 Å². The first-order chi connectivity index (χ1) is 17.6. The molecule has 0 spiro atoms. The second-order valence-corrected chi connectivity index (χ2v) is 9.00. The Morgan fingerprint density at radius 1 is 0.973 bits per heavy atom. The first kappa shape index (κ1) is 26.0. The van der Waals surface area contributed by atoms with Gasteiger partial charge in [0.2, 0.25) is 5.91 Å². The van der Waals surface area contributed by atoms with E-state index in [9.17, 15) is 27.2 Å². The Bertz CT molecular complexity index is 1440. The first-order valence-corrected chi connectivity index (χ1v) is 11.9. The molecule has 0 aliphatic rings. The van der Waals surface area contributed by atoms with Gasteiger partial charge in [-0.2, -0.15) is 13.2 Å². The van der Waals surface area contributed by atoms with E-state index in [4.69, 9.17) is 0 Å². The van der Waals surface area contributed by atoms with Crippen LogP contribution in [0, 0.1) is 12.7 Å². The molecule has 1 heterocycles. The van der Waals surface area contributed by atoms with Crippen LogP contribution in [0.2, 0.25) is 0 Å². The average Bonchev–Trinajstić information content (AvgIpc) is 3.30. The number of hydrogen-bond donors (Lipinski definition) is 2. The van der Waals surface area contributed by atoms with Crippen LogP contribution in [-0.4, -0.2) is 27.1 Å². The Kier molecular flexibility index (Phi) is 7.63. The molecule has 4 rings (SSSR count). The largest absolute Gasteiger partial charge is 0.416 e. The van der Waals surface area contributed by atoms with Crippen molar-refractivity contribution in [3.8, 4) is 5.69 Å². The molecule has 2 N–H and O–H groups in total. The molecule has 0 saturated heterocycles. The van der Waals surface area contributed by atoms with Gasteiger partial charge in [-0.3, -0.25) is 9.59 Å². The molecular weight excluding hydrogens is 508 g/mol. The van der Waals surface area contributed by atoms with Gasteiger partial charge >= 0.3 is 6.18 Å². The second-order valence-electron chi connectivity index (χ2n) is 7.98. The topological polar surface area (TPSA) is 76.0 Å². The van der Waals surface area contributed by atoms with Crippen LogP contribution in [0.4, 0.5) is 28.9 Å². The number of benzene rings is 3. The van der Waals surface area contributed by atoms with Crippen LogP contribution in [0.25, 0.3) is 5.69 Å². The zero-order valence-corrected chi connectivity index (χ0v) is 20.2. The predicted molar refractivity (Wildman–Crippen MR) is 133 cm³/mol. The van der Waals surface area contributed by atoms with Crippen LogP contribution in [0.3, 0.4) is 0 Å². The molecule has 0 aliphatic carbocycles. The number of thioether (sulfide) groups is 1. The third kappa shape index (κ3) is 6.76. The molecule has 0 unspecified atom stereocenters. The molecule has 0 saturated carbocycles. The summed E-state index contributed by atoms with van der Waals surface area (Å²) in [6.45, 7) is 1.71. The number of nitrogens with zero attached hydrogens (tertiary/aromatic N) is 2. The standard InChI is InChI=1S/C26H20F4N4O2S/c1-16-13-34(15-31-16)21-11-17(26(28,29)30)10-20(12-21)33-25(36)22-4-2-3-5-23(22)37-14-24(35)32-19-8-6-18(27)7-9-19/h2-13,15H,14H2,1H3,(H,32,35)(H,33,36). The highest BCUT2D eigenvalue weighted by atomic mass is 32.2. The summed E-state index contributed by atoms with van der Waals surface area (Å²) in [5.74, 6) is -1.48. The first-order valence-electron chi connectivity index (χ1n) is 10.9. The summed E-state index contributed by atoms with van der Waals surface area (Å²) in [6, 6.07) is 15.0. The number of anilines is 2. The van der Waals surface area contributed by atoms with Gasteiger partial charge in [0.1, 0.15) is 5.82 Å². The van der Waals surface area contributed by atoms with Crippen molar-refractivity contribution >= 4 is 35.0 Å². The lowest BCUT2D eigenvalue weighted by molar-refractivity contribution is -0.137. The molecule has 11 heteroatoms. The van der Waals surface area contributed by atoms with Gasteiger partial charge in [0.15, 0.2) is 0 Å². The number of carbonyl (C=O) groups is 2. The number of aromatic nitrogens is 2. The Labute approximate surface area is 213 Å². The summed E-state index contributed by atoms with van der Waals surface area (Å²) in [5.41, 5.74) is 0.455. The van der Waals surface area contributed by atoms with Crippen molar-refractivity contribution in [3.63, 3.8) is 0 Å². The molecule has 190 valence electrons. The van der Waals surface area contributed by atoms with Crippen molar-refractivity contribution in [2.24, 2.45) is 0 Å². The minimum atomic E-state index is -4.63. The Morgan fingerprint density at radius 3 is 2.38 bits per heavy atom. The summed E-state index contributed by atoms with van der Waals surface area (Å²) in [5, 5.41) is 5.17. The van der Waals surface area contributed by atoms with E-state index in [1.807, 2.05) is 0 Å². The van der Waals surface area contributed by atoms with E-state index in [-0.39, 0.29) is 28.6 Å². The second kappa shape index (κ2) is 10.9. The number of carbonyl (C=O) groups excluding carboxylic acids is 2. The normalized spacial score (nSPS) is 11.3. The summed E-state index contributed by atoms with van der Waals surface area (Å²) < 4.78 is 55.1. The minimum absolute atomic E-state index is 0.0463. The van der Waals surface area contributed by atoms with Crippen molar-refractivity contribution in [2.45, 2.75) is 18.0 Å². The smallest absolute Gasteiger partial charge is 0.325 e. The van der Waals surface area contributed by atoms with Gasteiger partial charge in [-0.1, -0.05) is 12.1 Å². The number of hydrogen-bond acceptors (Lipinski definition) is 4. The minimum Gasteiger partial charge on any atom is -0.325 e. The highest BCUT2D eigenvalue weighted by Gasteiger charge is 2.31. The molecule has 4 aromatic rings. The molecule has 0 bridgehead atoms. The molecule has 0 radical (unpaired) electrons. The summed E-state index contributed by atoms with van der Waals surface area (Å²) in [6.07, 6.45) is -1.67. The number of halogens is 4. The zero-order valence-electron chi connectivity index (χ0n) is 19.3. The lowest BCUT2D eigenvalue weighted by Gasteiger charge is -2.14. The number of rotatable bonds is 7. The third-order valence-corrected chi connectivity index (χ3v) is 6.20. The summed E-state index contributed by atoms with van der Waals surface area (Å²) in [7, 11) is 0. The van der Waals surface area contributed by atoms with Crippen LogP contribution in [0.5, 0.6) is 0 Å². The maximum atomic E-state index is 13.5. The highest BCUT2D eigenvalue weighted by Crippen LogP contribution is 2.33. The molecule has 0 atom stereocenters. The maximum Gasteiger partial charge on any atom is 0.416 e. The number of aryl methyl sites for hydroxylation is 1. The zero-order chi connectivity index (χ0) is 26.6. The fourth-order valence-electron chi connectivity index (χ4n) is 3.41. The molecule has 3 aromatic carbocycles. The van der Waals surface area contributed by atoms with E-state index in [2.05, 4.69) is 15.6 Å². The molecular formula is C26H20F4N4O2S. The Balaban J connectivity index is 1.51. The van der Waals surface area contributed by atoms with E-state index in [1.165, 1.54) is 47.3 Å². The molecule has 0 aliphatic heterocycles. The van der Waals surface area contributed by atoms with Gasteiger partial charge in [0.05, 0.1) is 28.9 Å². The van der Waals surface area contributed by atoms with Gasteiger partial charge < -0.3 is 15.2 Å². The number of alkyl halides is 3. The number of amides is 2. The molecule has 37 heavy (non-hydrogen) atoms. The van der Waals surface area contributed by atoms with Gasteiger partial charge in [-0.05, 0) is 61.5 Å². The fraction of sp³-hybridized carbons (Fsp3) is 0.115. The van der Waals surface area contributed by atoms with Crippen LogP contribution >= 0.6 is 11.8 Å². The maximum absolute atomic E-state index is 13.5. The average molecular weight is 529 g/mol. The molecule has 0 fully saturated rings. The van der Waals surface area contributed by atoms with Crippen molar-refractivity contribution in [2.75, 3.05) is 16.4 Å². The van der Waals surface area contributed by atoms with E-state index >= 15 is 0 Å². The lowest BCUT2D eigenvalue weighted by Crippen LogP contribution is -2.16. The van der Waals surface area contributed by atoms with Gasteiger partial charge in [-0.25, -0.2) is 9.37 Å². The van der Waals surface area contributed by atoms with E-state index < -0.39 is 23.5 Å². The Hall–Kier alpha value is -4.12. The van der Waals surface area contributed by atoms with Gasteiger partial charge in [-0.15, -0.1) is 11.8 Å². The van der Waals surface area contributed by atoms with Gasteiger partial charge in [0, 0.05) is 28.2 Å². The van der Waals surface area contributed by atoms with Crippen LogP contribution in [0.1, 0.15) is 21.6 Å². The summed E-state index contributed by atoms with van der Waals surface area (Å²) in [4.78, 5) is 29.9. The monoisotopic (exact) mass is 528 g/mol. The number of nitrogens with one attached hydrogen (secondary N) is 2. The SMILES string of the molecule is Cc1cn(-c2cc(NC(=O)c3ccccc3SCC(=O)Nc3ccc(F)cc3)cc(C(F)(F)F)c2)cn1. The Morgan fingerprint density at radius 2 is 1.70 bits per heavy atom. The van der Waals surface area contributed by atoms with Gasteiger partial charge in [0.25, 0.3) is 5.91 Å². The molecule has 6 nitrogen and oxygen atoms in total. The van der Waals surface area contributed by atoms with Crippen molar-refractivity contribution < 1.29 is 27.2 Å². The third-order valence-electron chi connectivity index (χ3n) is 5.13. The van der Waals surface area contributed by atoms with Crippen molar-refractivity contribution in [3.05, 3.63) is 102 Å². The molecule has 1 aromatic heterocycles. The summed E-state index contributed by atoms with van der Waals surface area (Å²) >= 11 is 1.09. The van der Waals surface area contributed by atoms with Crippen molar-refractivity contribution in [1.29, 1.82) is 0 Å². The lowest BCUT2D eigenvalue weighted by atomic mass is 10.1. The number of imidazole rings is 1.